The molecule has 2 N–H and O–H groups in total. The molecule has 1 aliphatic rings. The molecule has 0 saturated heterocycles. The lowest BCUT2D eigenvalue weighted by Crippen LogP contribution is -2.46. The van der Waals surface area contributed by atoms with Gasteiger partial charge in [0.1, 0.15) is 0 Å². The van der Waals surface area contributed by atoms with Crippen LogP contribution in [0.4, 0.5) is 17.1 Å². The first kappa shape index (κ1) is 16.6. The normalized spacial score (nSPS) is 15.4. The van der Waals surface area contributed by atoms with E-state index in [2.05, 4.69) is 60.0 Å². The first-order chi connectivity index (χ1) is 11.7. The topological polar surface area (TPSA) is 45.4 Å². The Labute approximate surface area is 145 Å². The number of benzene rings is 1. The van der Waals surface area contributed by atoms with Gasteiger partial charge in [0.15, 0.2) is 0 Å². The monoisotopic (exact) mass is 324 g/mol. The highest BCUT2D eigenvalue weighted by molar-refractivity contribution is 5.73. The molecule has 1 aromatic heterocycles. The fraction of sp³-hybridized carbons (Fsp3) is 0.450. The van der Waals surface area contributed by atoms with Crippen LogP contribution in [-0.4, -0.2) is 18.1 Å². The predicted molar refractivity (Wildman–Crippen MR) is 102 cm³/mol. The van der Waals surface area contributed by atoms with E-state index >= 15 is 0 Å². The average Bonchev–Trinajstić information content (AvgIpc) is 2.96. The van der Waals surface area contributed by atoms with E-state index in [4.69, 9.17) is 5.73 Å². The van der Waals surface area contributed by atoms with Crippen LogP contribution in [0, 0.1) is 0 Å². The van der Waals surface area contributed by atoms with Crippen molar-refractivity contribution < 1.29 is 0 Å². The van der Waals surface area contributed by atoms with Crippen LogP contribution >= 0.6 is 0 Å². The zero-order chi connectivity index (χ0) is 17.2. The molecule has 0 bridgehead atoms. The average molecular weight is 324 g/mol. The van der Waals surface area contributed by atoms with Gasteiger partial charge in [0.05, 0.1) is 23.3 Å². The Kier molecular flexibility index (Phi) is 4.65. The smallest absolute Gasteiger partial charge is 0.0834 e. The van der Waals surface area contributed by atoms with E-state index in [-0.39, 0.29) is 5.41 Å². The van der Waals surface area contributed by atoms with Crippen molar-refractivity contribution in [3.8, 4) is 0 Å². The minimum atomic E-state index is 0.213. The summed E-state index contributed by atoms with van der Waals surface area (Å²) in [5.41, 5.74) is 11.0. The lowest BCUT2D eigenvalue weighted by atomic mass is 9.78. The Balaban J connectivity index is 2.08. The van der Waals surface area contributed by atoms with Crippen LogP contribution in [0.25, 0.3) is 0 Å². The first-order valence-electron chi connectivity index (χ1n) is 9.00. The molecule has 128 valence electrons. The summed E-state index contributed by atoms with van der Waals surface area (Å²) in [6.45, 7) is 8.75. The Morgan fingerprint density at radius 2 is 1.92 bits per heavy atom. The van der Waals surface area contributed by atoms with Gasteiger partial charge >= 0.3 is 0 Å². The van der Waals surface area contributed by atoms with Crippen molar-refractivity contribution in [2.75, 3.05) is 28.8 Å². The minimum absolute atomic E-state index is 0.213. The van der Waals surface area contributed by atoms with Crippen LogP contribution in [-0.2, 0) is 5.41 Å². The Bertz CT molecular complexity index is 694. The highest BCUT2D eigenvalue weighted by Gasteiger charge is 2.42. The zero-order valence-corrected chi connectivity index (χ0v) is 15.0. The van der Waals surface area contributed by atoms with Gasteiger partial charge in [-0.15, -0.1) is 0 Å². The number of nitrogen functional groups attached to an aromatic ring is 1. The number of aromatic nitrogens is 1. The van der Waals surface area contributed by atoms with Gasteiger partial charge in [-0.1, -0.05) is 39.0 Å². The number of fused-ring (bicyclic) bond motifs is 1. The lowest BCUT2D eigenvalue weighted by Gasteiger charge is -2.38. The van der Waals surface area contributed by atoms with Gasteiger partial charge in [-0.3, -0.25) is 15.0 Å². The largest absolute Gasteiger partial charge is 0.396 e. The molecule has 0 spiro atoms. The maximum absolute atomic E-state index is 6.24. The number of rotatable bonds is 6. The van der Waals surface area contributed by atoms with E-state index in [0.29, 0.717) is 0 Å². The van der Waals surface area contributed by atoms with Crippen molar-refractivity contribution in [3.05, 3.63) is 48.3 Å². The molecule has 0 aliphatic carbocycles. The van der Waals surface area contributed by atoms with Gasteiger partial charge in [-0.25, -0.2) is 0 Å². The summed E-state index contributed by atoms with van der Waals surface area (Å²) < 4.78 is 0. The quantitative estimate of drug-likeness (QED) is 0.857. The van der Waals surface area contributed by atoms with Crippen LogP contribution in [0.2, 0.25) is 0 Å². The van der Waals surface area contributed by atoms with Crippen molar-refractivity contribution in [1.29, 1.82) is 0 Å². The third-order valence-corrected chi connectivity index (χ3v) is 5.39. The van der Waals surface area contributed by atoms with Crippen LogP contribution < -0.4 is 15.8 Å². The SMILES string of the molecule is CCCN(c1ccncc1N)N1CC(CC)(CC)c2ccccc21. The molecule has 0 radical (unpaired) electrons. The van der Waals surface area contributed by atoms with E-state index < -0.39 is 0 Å². The van der Waals surface area contributed by atoms with Crippen LogP contribution in [0.5, 0.6) is 0 Å². The lowest BCUT2D eigenvalue weighted by molar-refractivity contribution is 0.416. The number of hydrogen-bond acceptors (Lipinski definition) is 4. The molecule has 1 aromatic carbocycles. The van der Waals surface area contributed by atoms with Crippen molar-refractivity contribution in [1.82, 2.24) is 4.98 Å². The van der Waals surface area contributed by atoms with Crippen molar-refractivity contribution in [3.63, 3.8) is 0 Å². The number of nitrogens with zero attached hydrogens (tertiary/aromatic N) is 3. The van der Waals surface area contributed by atoms with E-state index in [1.54, 1.807) is 6.20 Å². The molecule has 3 rings (SSSR count). The number of pyridine rings is 1. The molecule has 24 heavy (non-hydrogen) atoms. The van der Waals surface area contributed by atoms with Crippen molar-refractivity contribution in [2.24, 2.45) is 0 Å². The second-order valence-corrected chi connectivity index (χ2v) is 6.62. The Hall–Kier alpha value is -2.23. The Morgan fingerprint density at radius 3 is 2.58 bits per heavy atom. The number of anilines is 3. The van der Waals surface area contributed by atoms with Gasteiger partial charge < -0.3 is 5.73 Å². The summed E-state index contributed by atoms with van der Waals surface area (Å²) in [6, 6.07) is 10.8. The second kappa shape index (κ2) is 6.71. The number of nitrogens with two attached hydrogens (primary N) is 1. The molecule has 0 fully saturated rings. The van der Waals surface area contributed by atoms with E-state index in [1.807, 2.05) is 12.3 Å². The first-order valence-corrected chi connectivity index (χ1v) is 9.00. The van der Waals surface area contributed by atoms with Gasteiger partial charge in [-0.05, 0) is 37.0 Å². The molecule has 2 aromatic rings. The van der Waals surface area contributed by atoms with Gasteiger partial charge in [0.25, 0.3) is 0 Å². The fourth-order valence-corrected chi connectivity index (χ4v) is 3.89. The standard InChI is InChI=1S/C20H28N4/c1-4-13-23(19-11-12-22-14-17(19)21)24-15-20(5-2,6-3)16-9-7-8-10-18(16)24/h7-12,14H,4-6,13,15,21H2,1-3H3. The molecule has 0 atom stereocenters. The molecule has 0 unspecified atom stereocenters. The van der Waals surface area contributed by atoms with Crippen LogP contribution in [0.3, 0.4) is 0 Å². The maximum atomic E-state index is 6.24. The predicted octanol–water partition coefficient (Wildman–Crippen LogP) is 4.37. The summed E-state index contributed by atoms with van der Waals surface area (Å²) in [5.74, 6) is 0. The molecule has 4 nitrogen and oxygen atoms in total. The summed E-state index contributed by atoms with van der Waals surface area (Å²) in [4.78, 5) is 4.15. The summed E-state index contributed by atoms with van der Waals surface area (Å²) in [7, 11) is 0. The van der Waals surface area contributed by atoms with Gasteiger partial charge in [0.2, 0.25) is 0 Å². The summed E-state index contributed by atoms with van der Waals surface area (Å²) in [5, 5.41) is 4.76. The van der Waals surface area contributed by atoms with E-state index in [0.717, 1.165) is 43.7 Å². The zero-order valence-electron chi connectivity index (χ0n) is 15.0. The maximum Gasteiger partial charge on any atom is 0.0834 e. The Morgan fingerprint density at radius 1 is 1.17 bits per heavy atom. The fourth-order valence-electron chi connectivity index (χ4n) is 3.89. The molecule has 2 heterocycles. The summed E-state index contributed by atoms with van der Waals surface area (Å²) >= 11 is 0. The molecule has 1 aliphatic heterocycles. The van der Waals surface area contributed by atoms with Gasteiger partial charge in [-0.2, -0.15) is 0 Å². The van der Waals surface area contributed by atoms with Gasteiger partial charge in [0, 0.05) is 24.7 Å². The highest BCUT2D eigenvalue weighted by atomic mass is 15.6. The third-order valence-electron chi connectivity index (χ3n) is 5.39. The number of para-hydroxylation sites is 1. The number of hydrogen-bond donors (Lipinski definition) is 1. The van der Waals surface area contributed by atoms with Crippen LogP contribution in [0.15, 0.2) is 42.7 Å². The summed E-state index contributed by atoms with van der Waals surface area (Å²) in [6.07, 6.45) is 6.91. The molecular weight excluding hydrogens is 296 g/mol. The van der Waals surface area contributed by atoms with Crippen LogP contribution in [0.1, 0.15) is 45.6 Å². The van der Waals surface area contributed by atoms with Crippen molar-refractivity contribution >= 4 is 17.1 Å². The van der Waals surface area contributed by atoms with E-state index in [1.165, 1.54) is 11.3 Å². The molecule has 0 saturated carbocycles. The van der Waals surface area contributed by atoms with Crippen molar-refractivity contribution in [2.45, 2.75) is 45.4 Å². The third kappa shape index (κ3) is 2.60. The van der Waals surface area contributed by atoms with E-state index in [9.17, 15) is 0 Å². The molecular formula is C20H28N4. The minimum Gasteiger partial charge on any atom is -0.396 e. The highest BCUT2D eigenvalue weighted by Crippen LogP contribution is 2.46. The molecule has 0 amide bonds. The molecule has 4 heteroatoms. The number of hydrazine groups is 1. The second-order valence-electron chi connectivity index (χ2n) is 6.62.